The molecule has 3 saturated heterocycles. The zero-order valence-corrected chi connectivity index (χ0v) is 12.0. The van der Waals surface area contributed by atoms with Crippen molar-refractivity contribution in [3.8, 4) is 0 Å². The van der Waals surface area contributed by atoms with E-state index in [2.05, 4.69) is 15.5 Å². The summed E-state index contributed by atoms with van der Waals surface area (Å²) in [5, 5.41) is 8.01. The molecule has 18 heavy (non-hydrogen) atoms. The fourth-order valence-corrected chi connectivity index (χ4v) is 4.09. The van der Waals surface area contributed by atoms with Crippen LogP contribution in [-0.4, -0.2) is 41.7 Å². The Morgan fingerprint density at radius 3 is 2.28 bits per heavy atom. The average Bonchev–Trinajstić information content (AvgIpc) is 2.41. The van der Waals surface area contributed by atoms with Gasteiger partial charge in [-0.25, -0.2) is 0 Å². The molecule has 4 heteroatoms. The third-order valence-electron chi connectivity index (χ3n) is 4.91. The number of thiocarbonyl (C=S) groups is 1. The summed E-state index contributed by atoms with van der Waals surface area (Å²) in [5.74, 6) is 0.848. The topological polar surface area (TPSA) is 27.3 Å². The minimum absolute atomic E-state index is 0.594. The van der Waals surface area contributed by atoms with Crippen LogP contribution in [0.4, 0.5) is 0 Å². The quantitative estimate of drug-likeness (QED) is 0.747. The first-order valence-corrected chi connectivity index (χ1v) is 8.01. The van der Waals surface area contributed by atoms with Crippen molar-refractivity contribution >= 4 is 17.3 Å². The van der Waals surface area contributed by atoms with Crippen molar-refractivity contribution in [3.05, 3.63) is 0 Å². The van der Waals surface area contributed by atoms with Gasteiger partial charge in [-0.1, -0.05) is 19.3 Å². The lowest BCUT2D eigenvalue weighted by molar-refractivity contribution is 0.0810. The Kier molecular flexibility index (Phi) is 4.04. The van der Waals surface area contributed by atoms with Crippen molar-refractivity contribution in [3.63, 3.8) is 0 Å². The first-order valence-electron chi connectivity index (χ1n) is 7.60. The maximum Gasteiger partial charge on any atom is 0.166 e. The Hall–Kier alpha value is -0.350. The highest BCUT2D eigenvalue weighted by atomic mass is 32.1. The van der Waals surface area contributed by atoms with Gasteiger partial charge in [0.2, 0.25) is 0 Å². The first-order chi connectivity index (χ1) is 8.81. The van der Waals surface area contributed by atoms with E-state index in [4.69, 9.17) is 12.2 Å². The van der Waals surface area contributed by atoms with E-state index < -0.39 is 0 Å². The van der Waals surface area contributed by atoms with Crippen LogP contribution in [0.2, 0.25) is 0 Å². The lowest BCUT2D eigenvalue weighted by Gasteiger charge is -2.45. The maximum atomic E-state index is 5.49. The van der Waals surface area contributed by atoms with Crippen molar-refractivity contribution < 1.29 is 0 Å². The van der Waals surface area contributed by atoms with Crippen LogP contribution >= 0.6 is 12.2 Å². The number of rotatable bonds is 2. The molecule has 0 aromatic heterocycles. The first kappa shape index (κ1) is 12.7. The lowest BCUT2D eigenvalue weighted by Crippen LogP contribution is -2.59. The number of hydrogen-bond acceptors (Lipinski definition) is 2. The largest absolute Gasteiger partial charge is 0.360 e. The molecule has 2 bridgehead atoms. The Bertz CT molecular complexity index is 293. The number of nitrogens with one attached hydrogen (secondary N) is 2. The second-order valence-corrected chi connectivity index (χ2v) is 6.61. The molecular weight excluding hydrogens is 242 g/mol. The van der Waals surface area contributed by atoms with Crippen LogP contribution in [0, 0.1) is 5.92 Å². The van der Waals surface area contributed by atoms with Crippen LogP contribution < -0.4 is 10.6 Å². The van der Waals surface area contributed by atoms with E-state index in [1.165, 1.54) is 64.6 Å². The molecule has 1 unspecified atom stereocenters. The Morgan fingerprint density at radius 1 is 0.944 bits per heavy atom. The molecule has 0 aromatic rings. The van der Waals surface area contributed by atoms with Gasteiger partial charge in [-0.05, 0) is 56.9 Å². The summed E-state index contributed by atoms with van der Waals surface area (Å²) in [7, 11) is 0. The van der Waals surface area contributed by atoms with Crippen LogP contribution in [0.1, 0.15) is 44.9 Å². The highest BCUT2D eigenvalue weighted by Crippen LogP contribution is 2.27. The number of fused-ring (bicyclic) bond motifs is 3. The Labute approximate surface area is 116 Å². The molecular formula is C14H25N3S. The van der Waals surface area contributed by atoms with Gasteiger partial charge in [0.1, 0.15) is 0 Å². The molecule has 2 N–H and O–H groups in total. The number of nitrogens with zero attached hydrogens (tertiary/aromatic N) is 1. The van der Waals surface area contributed by atoms with E-state index in [-0.39, 0.29) is 0 Å². The van der Waals surface area contributed by atoms with Crippen LogP contribution in [0.15, 0.2) is 0 Å². The molecule has 3 aliphatic heterocycles. The van der Waals surface area contributed by atoms with E-state index in [1.54, 1.807) is 0 Å². The van der Waals surface area contributed by atoms with Gasteiger partial charge in [-0.2, -0.15) is 0 Å². The summed E-state index contributed by atoms with van der Waals surface area (Å²) in [5.41, 5.74) is 0. The Morgan fingerprint density at radius 2 is 1.67 bits per heavy atom. The normalized spacial score (nSPS) is 36.3. The zero-order chi connectivity index (χ0) is 12.4. The molecule has 1 atom stereocenters. The molecule has 1 saturated carbocycles. The smallest absolute Gasteiger partial charge is 0.166 e. The molecule has 0 aromatic carbocycles. The van der Waals surface area contributed by atoms with Gasteiger partial charge in [0.25, 0.3) is 0 Å². The highest BCUT2D eigenvalue weighted by molar-refractivity contribution is 7.80. The van der Waals surface area contributed by atoms with Crippen LogP contribution in [-0.2, 0) is 0 Å². The highest BCUT2D eigenvalue weighted by Gasteiger charge is 2.34. The SMILES string of the molecule is S=C(NC1CCCCC1)NC1CN2CCC1CC2. The van der Waals surface area contributed by atoms with Crippen molar-refractivity contribution in [2.45, 2.75) is 57.0 Å². The Balaban J connectivity index is 1.45. The number of hydrogen-bond donors (Lipinski definition) is 2. The van der Waals surface area contributed by atoms with Gasteiger partial charge in [0, 0.05) is 18.6 Å². The molecule has 1 aliphatic carbocycles. The molecule has 0 radical (unpaired) electrons. The minimum Gasteiger partial charge on any atom is -0.360 e. The second kappa shape index (κ2) is 5.74. The van der Waals surface area contributed by atoms with E-state index in [1.807, 2.05) is 0 Å². The van der Waals surface area contributed by atoms with Crippen LogP contribution in [0.3, 0.4) is 0 Å². The third-order valence-corrected chi connectivity index (χ3v) is 5.15. The summed E-state index contributed by atoms with van der Waals surface area (Å²) in [4.78, 5) is 2.57. The fourth-order valence-electron chi connectivity index (χ4n) is 3.77. The van der Waals surface area contributed by atoms with Crippen molar-refractivity contribution in [2.24, 2.45) is 5.92 Å². The standard InChI is InChI=1S/C14H25N3S/c18-14(15-12-4-2-1-3-5-12)16-13-10-17-8-6-11(13)7-9-17/h11-13H,1-10H2,(H2,15,16,18). The van der Waals surface area contributed by atoms with Gasteiger partial charge < -0.3 is 15.5 Å². The van der Waals surface area contributed by atoms with E-state index in [0.29, 0.717) is 12.1 Å². The minimum atomic E-state index is 0.594. The maximum absolute atomic E-state index is 5.49. The summed E-state index contributed by atoms with van der Waals surface area (Å²) >= 11 is 5.49. The molecule has 102 valence electrons. The van der Waals surface area contributed by atoms with E-state index in [9.17, 15) is 0 Å². The second-order valence-electron chi connectivity index (χ2n) is 6.20. The fraction of sp³-hybridized carbons (Fsp3) is 0.929. The molecule has 3 heterocycles. The summed E-state index contributed by atoms with van der Waals surface area (Å²) < 4.78 is 0. The van der Waals surface area contributed by atoms with Gasteiger partial charge in [-0.15, -0.1) is 0 Å². The average molecular weight is 267 g/mol. The summed E-state index contributed by atoms with van der Waals surface area (Å²) in [6.45, 7) is 3.79. The monoisotopic (exact) mass is 267 g/mol. The predicted molar refractivity (Wildman–Crippen MR) is 78.7 cm³/mol. The molecule has 3 nitrogen and oxygen atoms in total. The predicted octanol–water partition coefficient (Wildman–Crippen LogP) is 1.88. The summed E-state index contributed by atoms with van der Waals surface area (Å²) in [6, 6.07) is 1.22. The third kappa shape index (κ3) is 2.97. The molecule has 4 rings (SSSR count). The molecule has 0 spiro atoms. The molecule has 4 fully saturated rings. The van der Waals surface area contributed by atoms with Crippen LogP contribution in [0.5, 0.6) is 0 Å². The van der Waals surface area contributed by atoms with Gasteiger partial charge in [0.05, 0.1) is 0 Å². The van der Waals surface area contributed by atoms with E-state index >= 15 is 0 Å². The number of piperidine rings is 3. The molecule has 0 amide bonds. The summed E-state index contributed by atoms with van der Waals surface area (Å²) in [6.07, 6.45) is 9.41. The van der Waals surface area contributed by atoms with E-state index in [0.717, 1.165) is 11.0 Å². The molecule has 4 aliphatic rings. The van der Waals surface area contributed by atoms with Crippen molar-refractivity contribution in [1.29, 1.82) is 0 Å². The van der Waals surface area contributed by atoms with Crippen molar-refractivity contribution in [1.82, 2.24) is 15.5 Å². The van der Waals surface area contributed by atoms with Crippen LogP contribution in [0.25, 0.3) is 0 Å². The van der Waals surface area contributed by atoms with Crippen molar-refractivity contribution in [2.75, 3.05) is 19.6 Å². The van der Waals surface area contributed by atoms with Gasteiger partial charge >= 0.3 is 0 Å². The zero-order valence-electron chi connectivity index (χ0n) is 11.2. The van der Waals surface area contributed by atoms with Gasteiger partial charge in [0.15, 0.2) is 5.11 Å². The van der Waals surface area contributed by atoms with Gasteiger partial charge in [-0.3, -0.25) is 0 Å². The lowest BCUT2D eigenvalue weighted by atomic mass is 9.84.